The Balaban J connectivity index is 3.70. The largest absolute Gasteiger partial charge is 0.338 e. The minimum absolute atomic E-state index is 0.202. The van der Waals surface area contributed by atoms with Crippen LogP contribution >= 0.6 is 0 Å². The Kier molecular flexibility index (Phi) is 14.6. The van der Waals surface area contributed by atoms with E-state index in [4.69, 9.17) is 2.74 Å². The fourth-order valence-electron chi connectivity index (χ4n) is 2.37. The molecular weight excluding hydrogens is 302 g/mol. The highest BCUT2D eigenvalue weighted by Crippen LogP contribution is 2.04. The Bertz CT molecular complexity index is 380. The summed E-state index contributed by atoms with van der Waals surface area (Å²) >= 11 is 0. The molecule has 0 aliphatic carbocycles. The van der Waals surface area contributed by atoms with Gasteiger partial charge in [-0.05, 0) is 19.3 Å². The molecule has 24 heavy (non-hydrogen) atoms. The third kappa shape index (κ3) is 17.3. The monoisotopic (exact) mass is 343 g/mol. The van der Waals surface area contributed by atoms with Crippen LogP contribution in [0.2, 0.25) is 0 Å². The third-order valence-electron chi connectivity index (χ3n) is 3.85. The molecule has 0 radical (unpaired) electrons. The van der Waals surface area contributed by atoms with Crippen molar-refractivity contribution in [3.05, 3.63) is 0 Å². The molecular formula is C19H39N3O2. The lowest BCUT2D eigenvalue weighted by Crippen LogP contribution is -2.43. The van der Waals surface area contributed by atoms with Gasteiger partial charge >= 0.3 is 6.03 Å². The van der Waals surface area contributed by atoms with E-state index in [2.05, 4.69) is 29.8 Å². The standard InChI is InChI=1S/C19H39N3O2/c1-3-5-7-9-11-13-15-20-17-18(23)22-19(24)21-16-14-12-10-8-6-4-2/h20H,3-17H2,1-2H3,(H2,21,22,23,24)/i15D2. The summed E-state index contributed by atoms with van der Waals surface area (Å²) in [5, 5.41) is 7.48. The zero-order valence-corrected chi connectivity index (χ0v) is 15.7. The molecule has 0 heterocycles. The Morgan fingerprint density at radius 2 is 1.33 bits per heavy atom. The van der Waals surface area contributed by atoms with E-state index in [-0.39, 0.29) is 6.54 Å². The van der Waals surface area contributed by atoms with Crippen LogP contribution in [0.4, 0.5) is 4.79 Å². The minimum Gasteiger partial charge on any atom is -0.338 e. The molecule has 0 aromatic heterocycles. The molecule has 0 atom stereocenters. The van der Waals surface area contributed by atoms with Crippen LogP contribution in [0.25, 0.3) is 0 Å². The first-order valence-corrected chi connectivity index (χ1v) is 9.74. The van der Waals surface area contributed by atoms with Crippen LogP contribution in [0.1, 0.15) is 93.6 Å². The lowest BCUT2D eigenvalue weighted by atomic mass is 10.1. The van der Waals surface area contributed by atoms with E-state index in [1.54, 1.807) is 0 Å². The van der Waals surface area contributed by atoms with Gasteiger partial charge in [0.15, 0.2) is 0 Å². The zero-order valence-electron chi connectivity index (χ0n) is 17.7. The number of carbonyl (C=O) groups excluding carboxylic acids is 2. The summed E-state index contributed by atoms with van der Waals surface area (Å²) in [5.41, 5.74) is 0. The molecule has 5 heteroatoms. The van der Waals surface area contributed by atoms with Crippen molar-refractivity contribution >= 4 is 11.9 Å². The van der Waals surface area contributed by atoms with Gasteiger partial charge in [0.1, 0.15) is 0 Å². The molecule has 0 bridgehead atoms. The van der Waals surface area contributed by atoms with E-state index in [0.29, 0.717) is 13.0 Å². The molecule has 0 saturated heterocycles. The first-order valence-electron chi connectivity index (χ1n) is 10.7. The van der Waals surface area contributed by atoms with Gasteiger partial charge in [-0.15, -0.1) is 0 Å². The zero-order chi connectivity index (χ0) is 19.7. The molecule has 0 aromatic carbocycles. The van der Waals surface area contributed by atoms with Crippen LogP contribution in [0.15, 0.2) is 0 Å². The van der Waals surface area contributed by atoms with Gasteiger partial charge < -0.3 is 10.6 Å². The van der Waals surface area contributed by atoms with Gasteiger partial charge in [0.25, 0.3) is 0 Å². The van der Waals surface area contributed by atoms with Crippen molar-refractivity contribution in [3.8, 4) is 0 Å². The lowest BCUT2D eigenvalue weighted by Gasteiger charge is -2.08. The van der Waals surface area contributed by atoms with Gasteiger partial charge in [-0.25, -0.2) is 4.79 Å². The van der Waals surface area contributed by atoms with Gasteiger partial charge in [0.2, 0.25) is 5.91 Å². The van der Waals surface area contributed by atoms with Crippen LogP contribution < -0.4 is 16.0 Å². The highest BCUT2D eigenvalue weighted by atomic mass is 16.2. The maximum atomic E-state index is 11.7. The molecule has 0 unspecified atom stereocenters. The molecule has 3 N–H and O–H groups in total. The highest BCUT2D eigenvalue weighted by molar-refractivity contribution is 5.95. The Morgan fingerprint density at radius 3 is 1.96 bits per heavy atom. The van der Waals surface area contributed by atoms with Gasteiger partial charge in [0, 0.05) is 9.29 Å². The highest BCUT2D eigenvalue weighted by Gasteiger charge is 2.06. The van der Waals surface area contributed by atoms with Gasteiger partial charge in [-0.3, -0.25) is 10.1 Å². The van der Waals surface area contributed by atoms with Crippen molar-refractivity contribution in [2.45, 2.75) is 90.9 Å². The second-order valence-electron chi connectivity index (χ2n) is 6.27. The summed E-state index contributed by atoms with van der Waals surface area (Å²) in [6.45, 7) is 3.09. The average Bonchev–Trinajstić information content (AvgIpc) is 2.59. The molecule has 5 nitrogen and oxygen atoms in total. The number of carbonyl (C=O) groups is 2. The Hall–Kier alpha value is -1.10. The van der Waals surface area contributed by atoms with E-state index < -0.39 is 18.4 Å². The summed E-state index contributed by atoms with van der Waals surface area (Å²) in [7, 11) is 0. The maximum Gasteiger partial charge on any atom is 0.321 e. The van der Waals surface area contributed by atoms with Crippen molar-refractivity contribution in [3.63, 3.8) is 0 Å². The number of hydrogen-bond donors (Lipinski definition) is 3. The number of urea groups is 1. The van der Waals surface area contributed by atoms with E-state index in [0.717, 1.165) is 38.5 Å². The predicted octanol–water partition coefficient (Wildman–Crippen LogP) is 4.12. The van der Waals surface area contributed by atoms with Crippen LogP contribution in [0.5, 0.6) is 0 Å². The maximum absolute atomic E-state index is 11.7. The van der Waals surface area contributed by atoms with Gasteiger partial charge in [0.05, 0.1) is 6.54 Å². The van der Waals surface area contributed by atoms with Crippen LogP contribution in [0.3, 0.4) is 0 Å². The summed E-state index contributed by atoms with van der Waals surface area (Å²) < 4.78 is 15.7. The second kappa shape index (κ2) is 18.2. The minimum atomic E-state index is -1.58. The molecule has 0 aliphatic heterocycles. The summed E-state index contributed by atoms with van der Waals surface area (Å²) in [6.07, 6.45) is 12.5. The van der Waals surface area contributed by atoms with Gasteiger partial charge in [-0.1, -0.05) is 78.1 Å². The quantitative estimate of drug-likeness (QED) is 0.369. The van der Waals surface area contributed by atoms with Crippen molar-refractivity contribution in [1.29, 1.82) is 0 Å². The number of hydrogen-bond acceptors (Lipinski definition) is 3. The number of imide groups is 1. The predicted molar refractivity (Wildman–Crippen MR) is 101 cm³/mol. The number of amides is 3. The van der Waals surface area contributed by atoms with Crippen molar-refractivity contribution in [2.24, 2.45) is 0 Å². The summed E-state index contributed by atoms with van der Waals surface area (Å²) in [5.74, 6) is -0.514. The van der Waals surface area contributed by atoms with Crippen molar-refractivity contribution in [1.82, 2.24) is 16.0 Å². The van der Waals surface area contributed by atoms with Crippen LogP contribution in [-0.2, 0) is 4.79 Å². The smallest absolute Gasteiger partial charge is 0.321 e. The molecule has 0 aliphatic rings. The summed E-state index contributed by atoms with van der Waals surface area (Å²) in [6, 6.07) is -0.509. The van der Waals surface area contributed by atoms with Crippen molar-refractivity contribution < 1.29 is 12.3 Å². The molecule has 0 saturated carbocycles. The molecule has 0 fully saturated rings. The van der Waals surface area contributed by atoms with Crippen molar-refractivity contribution in [2.75, 3.05) is 19.6 Å². The second-order valence-corrected chi connectivity index (χ2v) is 6.27. The molecule has 0 rings (SSSR count). The number of unbranched alkanes of at least 4 members (excludes halogenated alkanes) is 9. The molecule has 0 aromatic rings. The fourth-order valence-corrected chi connectivity index (χ4v) is 2.37. The SMILES string of the molecule is [2H]C([2H])(CCCCCCC)NCC(=O)NC(=O)NCCCCCCCC. The number of rotatable bonds is 16. The third-order valence-corrected chi connectivity index (χ3v) is 3.85. The first-order chi connectivity index (χ1) is 12.4. The molecule has 3 amide bonds. The average molecular weight is 344 g/mol. The lowest BCUT2D eigenvalue weighted by molar-refractivity contribution is -0.119. The Morgan fingerprint density at radius 1 is 0.792 bits per heavy atom. The summed E-state index contributed by atoms with van der Waals surface area (Å²) in [4.78, 5) is 23.3. The Labute approximate surface area is 151 Å². The van der Waals surface area contributed by atoms with Crippen LogP contribution in [0, 0.1) is 0 Å². The van der Waals surface area contributed by atoms with Crippen LogP contribution in [-0.4, -0.2) is 31.5 Å². The topological polar surface area (TPSA) is 70.2 Å². The molecule has 0 spiro atoms. The fraction of sp³-hybridized carbons (Fsp3) is 0.895. The van der Waals surface area contributed by atoms with Gasteiger partial charge in [-0.2, -0.15) is 0 Å². The van der Waals surface area contributed by atoms with E-state index in [1.807, 2.05) is 0 Å². The van der Waals surface area contributed by atoms with E-state index >= 15 is 0 Å². The normalized spacial score (nSPS) is 12.4. The first kappa shape index (κ1) is 19.2. The molecule has 142 valence electrons. The van der Waals surface area contributed by atoms with E-state index in [1.165, 1.54) is 32.1 Å². The number of nitrogens with one attached hydrogen (secondary N) is 3. The van der Waals surface area contributed by atoms with E-state index in [9.17, 15) is 9.59 Å².